The van der Waals surface area contributed by atoms with Gasteiger partial charge in [0.25, 0.3) is 0 Å². The average Bonchev–Trinajstić information content (AvgIpc) is 2.74. The summed E-state index contributed by atoms with van der Waals surface area (Å²) in [4.78, 5) is 22.6. The molecule has 0 amide bonds. The van der Waals surface area contributed by atoms with E-state index in [1.807, 2.05) is 0 Å². The highest BCUT2D eigenvalue weighted by Gasteiger charge is 2.28. The molecule has 0 radical (unpaired) electrons. The molecule has 0 unspecified atom stereocenters. The summed E-state index contributed by atoms with van der Waals surface area (Å²) in [6.45, 7) is 3.94. The molecule has 0 aromatic carbocycles. The van der Waals surface area contributed by atoms with Gasteiger partial charge in [0.2, 0.25) is 0 Å². The molecule has 3 nitrogen and oxygen atoms in total. The standard InChI is InChI=1S/C19H32O3/c1-3-4-5-6-7-8-9-10-11-12-13-14-15-17-16(2)18(20)22-19(17)21/h3-15H2,1-2H3. The summed E-state index contributed by atoms with van der Waals surface area (Å²) in [5.41, 5.74) is 1.10. The number of esters is 2. The lowest BCUT2D eigenvalue weighted by atomic mass is 10.0. The first-order valence-electron chi connectivity index (χ1n) is 9.13. The van der Waals surface area contributed by atoms with Gasteiger partial charge in [-0.1, -0.05) is 77.6 Å². The Kier molecular flexibility index (Phi) is 9.85. The maximum Gasteiger partial charge on any atom is 0.342 e. The van der Waals surface area contributed by atoms with Gasteiger partial charge in [0, 0.05) is 11.1 Å². The van der Waals surface area contributed by atoms with Crippen molar-refractivity contribution in [2.75, 3.05) is 0 Å². The Morgan fingerprint density at radius 1 is 0.682 bits per heavy atom. The molecule has 0 aromatic heterocycles. The molecule has 1 aliphatic rings. The third kappa shape index (κ3) is 7.24. The van der Waals surface area contributed by atoms with E-state index in [1.165, 1.54) is 64.2 Å². The third-order valence-corrected chi connectivity index (χ3v) is 4.47. The van der Waals surface area contributed by atoms with Crippen LogP contribution < -0.4 is 0 Å². The van der Waals surface area contributed by atoms with E-state index in [1.54, 1.807) is 6.92 Å². The number of carbonyl (C=O) groups excluding carboxylic acids is 2. The normalized spacial score (nSPS) is 14.8. The lowest BCUT2D eigenvalue weighted by Crippen LogP contribution is -2.01. The van der Waals surface area contributed by atoms with Gasteiger partial charge in [-0.2, -0.15) is 0 Å². The SMILES string of the molecule is CCCCCCCCCCCCCCC1=C(C)C(=O)OC1=O. The minimum atomic E-state index is -0.459. The summed E-state index contributed by atoms with van der Waals surface area (Å²) in [6.07, 6.45) is 16.3. The fraction of sp³-hybridized carbons (Fsp3) is 0.789. The number of unbranched alkanes of at least 4 members (excludes halogenated alkanes) is 11. The molecule has 1 rings (SSSR count). The monoisotopic (exact) mass is 308 g/mol. The summed E-state index contributed by atoms with van der Waals surface area (Å²) in [6, 6.07) is 0. The molecule has 1 aliphatic heterocycles. The van der Waals surface area contributed by atoms with Crippen molar-refractivity contribution >= 4 is 11.9 Å². The van der Waals surface area contributed by atoms with E-state index >= 15 is 0 Å². The van der Waals surface area contributed by atoms with Crippen molar-refractivity contribution in [3.8, 4) is 0 Å². The van der Waals surface area contributed by atoms with Gasteiger partial charge in [0.05, 0.1) is 0 Å². The summed E-state index contributed by atoms with van der Waals surface area (Å²) < 4.78 is 4.59. The Labute approximate surface area is 135 Å². The summed E-state index contributed by atoms with van der Waals surface area (Å²) in [7, 11) is 0. The zero-order valence-electron chi connectivity index (χ0n) is 14.4. The Morgan fingerprint density at radius 2 is 1.14 bits per heavy atom. The van der Waals surface area contributed by atoms with Crippen LogP contribution in [0.15, 0.2) is 11.1 Å². The van der Waals surface area contributed by atoms with Crippen LogP contribution in [0.3, 0.4) is 0 Å². The van der Waals surface area contributed by atoms with Crippen LogP contribution in [0.25, 0.3) is 0 Å². The number of hydrogen-bond acceptors (Lipinski definition) is 3. The van der Waals surface area contributed by atoms with Crippen LogP contribution in [0.1, 0.15) is 97.3 Å². The zero-order valence-corrected chi connectivity index (χ0v) is 14.4. The third-order valence-electron chi connectivity index (χ3n) is 4.47. The molecule has 0 aliphatic carbocycles. The minimum Gasteiger partial charge on any atom is -0.386 e. The largest absolute Gasteiger partial charge is 0.386 e. The molecule has 0 fully saturated rings. The Bertz CT molecular complexity index is 382. The topological polar surface area (TPSA) is 43.4 Å². The predicted octanol–water partition coefficient (Wildman–Crippen LogP) is 5.48. The van der Waals surface area contributed by atoms with Crippen molar-refractivity contribution in [2.24, 2.45) is 0 Å². The van der Waals surface area contributed by atoms with Crippen LogP contribution in [0.5, 0.6) is 0 Å². The number of carbonyl (C=O) groups is 2. The second-order valence-electron chi connectivity index (χ2n) is 6.42. The van der Waals surface area contributed by atoms with Gasteiger partial charge in [-0.3, -0.25) is 0 Å². The van der Waals surface area contributed by atoms with Gasteiger partial charge in [-0.15, -0.1) is 0 Å². The molecule has 1 heterocycles. The van der Waals surface area contributed by atoms with E-state index in [0.717, 1.165) is 12.8 Å². The van der Waals surface area contributed by atoms with Crippen LogP contribution >= 0.6 is 0 Å². The Balaban J connectivity index is 1.90. The smallest absolute Gasteiger partial charge is 0.342 e. The molecule has 0 atom stereocenters. The summed E-state index contributed by atoms with van der Waals surface area (Å²) in [5.74, 6) is -0.885. The van der Waals surface area contributed by atoms with Gasteiger partial charge in [-0.25, -0.2) is 9.59 Å². The lowest BCUT2D eigenvalue weighted by Gasteiger charge is -2.03. The Morgan fingerprint density at radius 3 is 1.55 bits per heavy atom. The fourth-order valence-electron chi connectivity index (χ4n) is 2.93. The van der Waals surface area contributed by atoms with Gasteiger partial charge in [0.1, 0.15) is 0 Å². The summed E-state index contributed by atoms with van der Waals surface area (Å²) in [5, 5.41) is 0. The molecule has 0 N–H and O–H groups in total. The van der Waals surface area contributed by atoms with E-state index in [2.05, 4.69) is 11.7 Å². The summed E-state index contributed by atoms with van der Waals surface area (Å²) >= 11 is 0. The molecule has 0 aromatic rings. The van der Waals surface area contributed by atoms with E-state index in [4.69, 9.17) is 0 Å². The van der Waals surface area contributed by atoms with E-state index < -0.39 is 11.9 Å². The predicted molar refractivity (Wildman–Crippen MR) is 89.5 cm³/mol. The highest BCUT2D eigenvalue weighted by molar-refractivity contribution is 6.11. The molecular formula is C19H32O3. The number of hydrogen-bond donors (Lipinski definition) is 0. The number of ether oxygens (including phenoxy) is 1. The van der Waals surface area contributed by atoms with Crippen molar-refractivity contribution in [3.05, 3.63) is 11.1 Å². The molecule has 126 valence electrons. The van der Waals surface area contributed by atoms with Gasteiger partial charge in [0.15, 0.2) is 0 Å². The van der Waals surface area contributed by atoms with Gasteiger partial charge >= 0.3 is 11.9 Å². The van der Waals surface area contributed by atoms with Crippen molar-refractivity contribution in [2.45, 2.75) is 97.3 Å². The van der Waals surface area contributed by atoms with E-state index in [-0.39, 0.29) is 0 Å². The second kappa shape index (κ2) is 11.4. The van der Waals surface area contributed by atoms with Crippen molar-refractivity contribution in [1.29, 1.82) is 0 Å². The Hall–Kier alpha value is -1.12. The number of cyclic esters (lactones) is 2. The van der Waals surface area contributed by atoms with Crippen LogP contribution in [-0.2, 0) is 14.3 Å². The van der Waals surface area contributed by atoms with Gasteiger partial charge in [-0.05, 0) is 19.8 Å². The van der Waals surface area contributed by atoms with Crippen LogP contribution in [0, 0.1) is 0 Å². The minimum absolute atomic E-state index is 0.425. The first-order valence-corrected chi connectivity index (χ1v) is 9.13. The molecule has 0 saturated heterocycles. The molecule has 22 heavy (non-hydrogen) atoms. The fourth-order valence-corrected chi connectivity index (χ4v) is 2.93. The lowest BCUT2D eigenvalue weighted by molar-refractivity contribution is -0.151. The van der Waals surface area contributed by atoms with E-state index in [0.29, 0.717) is 17.6 Å². The van der Waals surface area contributed by atoms with Gasteiger partial charge < -0.3 is 4.74 Å². The van der Waals surface area contributed by atoms with Crippen molar-refractivity contribution in [1.82, 2.24) is 0 Å². The molecular weight excluding hydrogens is 276 g/mol. The number of rotatable bonds is 13. The van der Waals surface area contributed by atoms with E-state index in [9.17, 15) is 9.59 Å². The van der Waals surface area contributed by atoms with Crippen LogP contribution in [0.2, 0.25) is 0 Å². The maximum atomic E-state index is 11.4. The molecule has 0 saturated carbocycles. The first kappa shape index (κ1) is 18.9. The molecule has 0 bridgehead atoms. The highest BCUT2D eigenvalue weighted by Crippen LogP contribution is 2.22. The maximum absolute atomic E-state index is 11.4. The van der Waals surface area contributed by atoms with Crippen molar-refractivity contribution < 1.29 is 14.3 Å². The first-order chi connectivity index (χ1) is 10.7. The quantitative estimate of drug-likeness (QED) is 0.257. The van der Waals surface area contributed by atoms with Crippen LogP contribution in [-0.4, -0.2) is 11.9 Å². The molecule has 0 spiro atoms. The average molecular weight is 308 g/mol. The highest BCUT2D eigenvalue weighted by atomic mass is 16.6. The van der Waals surface area contributed by atoms with Crippen LogP contribution in [0.4, 0.5) is 0 Å². The van der Waals surface area contributed by atoms with Crippen molar-refractivity contribution in [3.63, 3.8) is 0 Å². The molecule has 3 heteroatoms. The second-order valence-corrected chi connectivity index (χ2v) is 6.42. The zero-order chi connectivity index (χ0) is 16.2.